The number of carbonyl (C=O) groups is 1. The van der Waals surface area contributed by atoms with Gasteiger partial charge in [0, 0.05) is 12.6 Å². The SMILES string of the molecule is COc1ccc([C@H]2CCCCCN2C(=O)/C=C/c2ccc(OC)c(OC)c2)cc1. The van der Waals surface area contributed by atoms with Gasteiger partial charge in [0.15, 0.2) is 11.5 Å². The van der Waals surface area contributed by atoms with Crippen molar-refractivity contribution in [2.24, 2.45) is 0 Å². The quantitative estimate of drug-likeness (QED) is 0.655. The number of ether oxygens (including phenoxy) is 3. The van der Waals surface area contributed by atoms with Crippen molar-refractivity contribution < 1.29 is 19.0 Å². The highest BCUT2D eigenvalue weighted by atomic mass is 16.5. The van der Waals surface area contributed by atoms with E-state index in [1.54, 1.807) is 27.4 Å². The lowest BCUT2D eigenvalue weighted by molar-refractivity contribution is -0.128. The molecule has 2 aromatic rings. The van der Waals surface area contributed by atoms with E-state index in [4.69, 9.17) is 14.2 Å². The van der Waals surface area contributed by atoms with Gasteiger partial charge in [0.25, 0.3) is 0 Å². The highest BCUT2D eigenvalue weighted by Gasteiger charge is 2.25. The average molecular weight is 395 g/mol. The van der Waals surface area contributed by atoms with E-state index < -0.39 is 0 Å². The van der Waals surface area contributed by atoms with Gasteiger partial charge in [-0.1, -0.05) is 31.0 Å². The van der Waals surface area contributed by atoms with Gasteiger partial charge in [0.2, 0.25) is 5.91 Å². The Bertz CT molecular complexity index is 844. The van der Waals surface area contributed by atoms with Crippen molar-refractivity contribution >= 4 is 12.0 Å². The fourth-order valence-corrected chi connectivity index (χ4v) is 3.76. The maximum atomic E-state index is 13.1. The van der Waals surface area contributed by atoms with E-state index in [1.807, 2.05) is 41.3 Å². The molecule has 1 saturated heterocycles. The summed E-state index contributed by atoms with van der Waals surface area (Å²) in [5.41, 5.74) is 2.05. The average Bonchev–Trinajstić information content (AvgIpc) is 3.03. The van der Waals surface area contributed by atoms with Crippen LogP contribution < -0.4 is 14.2 Å². The molecule has 0 saturated carbocycles. The van der Waals surface area contributed by atoms with E-state index in [-0.39, 0.29) is 11.9 Å². The number of likely N-dealkylation sites (tertiary alicyclic amines) is 1. The van der Waals surface area contributed by atoms with E-state index in [0.29, 0.717) is 11.5 Å². The molecule has 0 unspecified atom stereocenters. The summed E-state index contributed by atoms with van der Waals surface area (Å²) < 4.78 is 15.9. The molecule has 1 amide bonds. The molecule has 29 heavy (non-hydrogen) atoms. The normalized spacial score (nSPS) is 17.1. The maximum absolute atomic E-state index is 13.1. The lowest BCUT2D eigenvalue weighted by Gasteiger charge is -2.29. The summed E-state index contributed by atoms with van der Waals surface area (Å²) in [4.78, 5) is 15.1. The van der Waals surface area contributed by atoms with Gasteiger partial charge in [-0.15, -0.1) is 0 Å². The minimum Gasteiger partial charge on any atom is -0.497 e. The number of rotatable bonds is 6. The Morgan fingerprint density at radius 3 is 2.38 bits per heavy atom. The van der Waals surface area contributed by atoms with E-state index >= 15 is 0 Å². The molecule has 0 aliphatic carbocycles. The first-order valence-electron chi connectivity index (χ1n) is 10.0. The molecule has 154 valence electrons. The molecule has 2 aromatic carbocycles. The predicted octanol–water partition coefficient (Wildman–Crippen LogP) is 4.87. The van der Waals surface area contributed by atoms with Crippen LogP contribution in [0.25, 0.3) is 6.08 Å². The summed E-state index contributed by atoms with van der Waals surface area (Å²) in [5, 5.41) is 0. The van der Waals surface area contributed by atoms with Gasteiger partial charge >= 0.3 is 0 Å². The van der Waals surface area contributed by atoms with Gasteiger partial charge < -0.3 is 19.1 Å². The lowest BCUT2D eigenvalue weighted by atomic mass is 10.0. The Hall–Kier alpha value is -2.95. The summed E-state index contributed by atoms with van der Waals surface area (Å²) in [5.74, 6) is 2.17. The Balaban J connectivity index is 1.79. The zero-order chi connectivity index (χ0) is 20.6. The van der Waals surface area contributed by atoms with Crippen LogP contribution in [0.4, 0.5) is 0 Å². The molecular formula is C24H29NO4. The fourth-order valence-electron chi connectivity index (χ4n) is 3.76. The minimum absolute atomic E-state index is 0.0301. The van der Waals surface area contributed by atoms with Crippen LogP contribution in [0, 0.1) is 0 Å². The molecule has 1 aliphatic heterocycles. The summed E-state index contributed by atoms with van der Waals surface area (Å²) >= 11 is 0. The van der Waals surface area contributed by atoms with Crippen molar-refractivity contribution in [3.8, 4) is 17.2 Å². The van der Waals surface area contributed by atoms with Crippen LogP contribution in [-0.2, 0) is 4.79 Å². The molecule has 0 N–H and O–H groups in total. The van der Waals surface area contributed by atoms with Crippen molar-refractivity contribution in [3.05, 3.63) is 59.7 Å². The molecular weight excluding hydrogens is 366 g/mol. The Kier molecular flexibility index (Phi) is 7.17. The molecule has 5 nitrogen and oxygen atoms in total. The van der Waals surface area contributed by atoms with Crippen LogP contribution in [0.3, 0.4) is 0 Å². The van der Waals surface area contributed by atoms with Gasteiger partial charge in [-0.3, -0.25) is 4.79 Å². The van der Waals surface area contributed by atoms with Gasteiger partial charge in [-0.05, 0) is 54.3 Å². The number of carbonyl (C=O) groups excluding carboxylic acids is 1. The number of hydrogen-bond donors (Lipinski definition) is 0. The smallest absolute Gasteiger partial charge is 0.247 e. The molecule has 0 aromatic heterocycles. The van der Waals surface area contributed by atoms with Gasteiger partial charge in [0.1, 0.15) is 5.75 Å². The molecule has 1 fully saturated rings. The van der Waals surface area contributed by atoms with Crippen molar-refractivity contribution in [2.75, 3.05) is 27.9 Å². The third kappa shape index (κ3) is 5.11. The topological polar surface area (TPSA) is 48.0 Å². The van der Waals surface area contributed by atoms with Gasteiger partial charge in [-0.2, -0.15) is 0 Å². The first kappa shape index (κ1) is 20.8. The van der Waals surface area contributed by atoms with Crippen LogP contribution in [0.1, 0.15) is 42.9 Å². The van der Waals surface area contributed by atoms with Gasteiger partial charge in [-0.25, -0.2) is 0 Å². The van der Waals surface area contributed by atoms with Crippen LogP contribution in [0.2, 0.25) is 0 Å². The lowest BCUT2D eigenvalue weighted by Crippen LogP contribution is -2.33. The van der Waals surface area contributed by atoms with Gasteiger partial charge in [0.05, 0.1) is 27.4 Å². The third-order valence-electron chi connectivity index (χ3n) is 5.36. The van der Waals surface area contributed by atoms with Crippen LogP contribution in [0.5, 0.6) is 17.2 Å². The first-order valence-corrected chi connectivity index (χ1v) is 10.0. The molecule has 0 spiro atoms. The molecule has 5 heteroatoms. The molecule has 1 atom stereocenters. The summed E-state index contributed by atoms with van der Waals surface area (Å²) in [6.45, 7) is 0.770. The van der Waals surface area contributed by atoms with Crippen LogP contribution >= 0.6 is 0 Å². The third-order valence-corrected chi connectivity index (χ3v) is 5.36. The standard InChI is InChI=1S/C24H29NO4/c1-27-20-12-10-19(11-13-20)21-7-5-4-6-16-25(21)24(26)15-9-18-8-14-22(28-2)23(17-18)29-3/h8-15,17,21H,4-7,16H2,1-3H3/b15-9+/t21-/m1/s1. The Morgan fingerprint density at radius 2 is 1.69 bits per heavy atom. The van der Waals surface area contributed by atoms with E-state index in [0.717, 1.165) is 49.1 Å². The number of hydrogen-bond acceptors (Lipinski definition) is 4. The minimum atomic E-state index is 0.0301. The number of benzene rings is 2. The molecule has 1 aliphatic rings. The molecule has 0 bridgehead atoms. The fraction of sp³-hybridized carbons (Fsp3) is 0.375. The highest BCUT2D eigenvalue weighted by Crippen LogP contribution is 2.32. The van der Waals surface area contributed by atoms with Crippen molar-refractivity contribution in [3.63, 3.8) is 0 Å². The molecule has 0 radical (unpaired) electrons. The van der Waals surface area contributed by atoms with Crippen LogP contribution in [-0.4, -0.2) is 38.7 Å². The number of methoxy groups -OCH3 is 3. The van der Waals surface area contributed by atoms with E-state index in [2.05, 4.69) is 12.1 Å². The van der Waals surface area contributed by atoms with E-state index in [1.165, 1.54) is 0 Å². The second kappa shape index (κ2) is 10.0. The summed E-state index contributed by atoms with van der Waals surface area (Å²) in [6.07, 6.45) is 7.77. The molecule has 1 heterocycles. The Labute approximate surface area is 172 Å². The summed E-state index contributed by atoms with van der Waals surface area (Å²) in [6, 6.07) is 13.8. The van der Waals surface area contributed by atoms with Crippen molar-refractivity contribution in [1.29, 1.82) is 0 Å². The second-order valence-corrected chi connectivity index (χ2v) is 7.12. The van der Waals surface area contributed by atoms with E-state index in [9.17, 15) is 4.79 Å². The zero-order valence-corrected chi connectivity index (χ0v) is 17.4. The molecule has 3 rings (SSSR count). The monoisotopic (exact) mass is 395 g/mol. The first-order chi connectivity index (χ1) is 14.2. The largest absolute Gasteiger partial charge is 0.497 e. The zero-order valence-electron chi connectivity index (χ0n) is 17.4. The maximum Gasteiger partial charge on any atom is 0.247 e. The number of nitrogens with zero attached hydrogens (tertiary/aromatic N) is 1. The van der Waals surface area contributed by atoms with Crippen LogP contribution in [0.15, 0.2) is 48.5 Å². The predicted molar refractivity (Wildman–Crippen MR) is 114 cm³/mol. The second-order valence-electron chi connectivity index (χ2n) is 7.12. The van der Waals surface area contributed by atoms with Crippen molar-refractivity contribution in [1.82, 2.24) is 4.90 Å². The van der Waals surface area contributed by atoms with Crippen molar-refractivity contribution in [2.45, 2.75) is 31.7 Å². The Morgan fingerprint density at radius 1 is 0.931 bits per heavy atom. The highest BCUT2D eigenvalue weighted by molar-refractivity contribution is 5.92. The number of amides is 1. The summed E-state index contributed by atoms with van der Waals surface area (Å²) in [7, 11) is 4.87.